The zero-order valence-electron chi connectivity index (χ0n) is 11.3. The van der Waals surface area contributed by atoms with Crippen molar-refractivity contribution in [2.45, 2.75) is 38.0 Å². The lowest BCUT2D eigenvalue weighted by atomic mass is 10.0. The van der Waals surface area contributed by atoms with E-state index in [4.69, 9.17) is 0 Å². The van der Waals surface area contributed by atoms with Crippen molar-refractivity contribution in [2.75, 3.05) is 12.3 Å². The molecule has 3 heteroatoms. The van der Waals surface area contributed by atoms with Crippen molar-refractivity contribution in [1.82, 2.24) is 5.32 Å². The van der Waals surface area contributed by atoms with Crippen LogP contribution in [0.4, 0.5) is 0 Å². The Morgan fingerprint density at radius 1 is 1.33 bits per heavy atom. The zero-order valence-corrected chi connectivity index (χ0v) is 12.1. The molecule has 1 rings (SSSR count). The van der Waals surface area contributed by atoms with Crippen molar-refractivity contribution >= 4 is 11.8 Å². The molecular formula is C15H22N2S. The van der Waals surface area contributed by atoms with Gasteiger partial charge >= 0.3 is 0 Å². The normalized spacial score (nSPS) is 13.8. The van der Waals surface area contributed by atoms with Gasteiger partial charge in [-0.1, -0.05) is 37.3 Å². The minimum Gasteiger partial charge on any atom is -0.300 e. The van der Waals surface area contributed by atoms with Gasteiger partial charge in [-0.05, 0) is 37.6 Å². The zero-order chi connectivity index (χ0) is 13.3. The molecular weight excluding hydrogens is 240 g/mol. The molecule has 0 aliphatic carbocycles. The van der Waals surface area contributed by atoms with E-state index >= 15 is 0 Å². The third-order valence-corrected chi connectivity index (χ3v) is 3.90. The van der Waals surface area contributed by atoms with Crippen LogP contribution in [0, 0.1) is 11.3 Å². The Labute approximate surface area is 115 Å². The summed E-state index contributed by atoms with van der Waals surface area (Å²) in [7, 11) is 0. The van der Waals surface area contributed by atoms with Gasteiger partial charge in [-0.2, -0.15) is 17.0 Å². The van der Waals surface area contributed by atoms with Crippen LogP contribution in [-0.4, -0.2) is 17.8 Å². The Morgan fingerprint density at radius 2 is 2.06 bits per heavy atom. The predicted molar refractivity (Wildman–Crippen MR) is 79.5 cm³/mol. The monoisotopic (exact) mass is 262 g/mol. The second kappa shape index (κ2) is 8.18. The third-order valence-electron chi connectivity index (χ3n) is 2.87. The van der Waals surface area contributed by atoms with E-state index in [1.165, 1.54) is 5.56 Å². The third kappa shape index (κ3) is 5.57. The molecule has 0 spiro atoms. The van der Waals surface area contributed by atoms with Crippen LogP contribution < -0.4 is 5.32 Å². The van der Waals surface area contributed by atoms with Crippen LogP contribution in [0.1, 0.15) is 32.3 Å². The molecule has 98 valence electrons. The number of hydrogen-bond acceptors (Lipinski definition) is 3. The van der Waals surface area contributed by atoms with Gasteiger partial charge in [-0.25, -0.2) is 0 Å². The first-order valence-corrected chi connectivity index (χ1v) is 7.63. The summed E-state index contributed by atoms with van der Waals surface area (Å²) in [6, 6.07) is 12.8. The molecule has 0 bridgehead atoms. The summed E-state index contributed by atoms with van der Waals surface area (Å²) in [5.41, 5.74) is 0.974. The highest BCUT2D eigenvalue weighted by molar-refractivity contribution is 7.98. The highest BCUT2D eigenvalue weighted by Crippen LogP contribution is 2.17. The summed E-state index contributed by atoms with van der Waals surface area (Å²) in [5.74, 6) is 2.03. The average Bonchev–Trinajstić information content (AvgIpc) is 2.43. The molecule has 1 atom stereocenters. The molecule has 0 amide bonds. The summed E-state index contributed by atoms with van der Waals surface area (Å²) in [6.45, 7) is 5.02. The van der Waals surface area contributed by atoms with Gasteiger partial charge in [0.25, 0.3) is 0 Å². The lowest BCUT2D eigenvalue weighted by Gasteiger charge is -2.22. The molecule has 1 aromatic carbocycles. The number of rotatable bonds is 8. The Morgan fingerprint density at radius 3 is 2.67 bits per heavy atom. The predicted octanol–water partition coefficient (Wildman–Crippen LogP) is 3.59. The average molecular weight is 262 g/mol. The Balaban J connectivity index is 2.26. The minimum atomic E-state index is -0.375. The van der Waals surface area contributed by atoms with Crippen molar-refractivity contribution in [3.05, 3.63) is 35.9 Å². The van der Waals surface area contributed by atoms with Crippen LogP contribution >= 0.6 is 11.8 Å². The van der Waals surface area contributed by atoms with E-state index in [1.54, 1.807) is 0 Å². The Hall–Kier alpha value is -0.980. The number of nitrogens with one attached hydrogen (secondary N) is 1. The molecule has 0 saturated carbocycles. The highest BCUT2D eigenvalue weighted by Gasteiger charge is 2.21. The second-order valence-corrected chi connectivity index (χ2v) is 5.76. The van der Waals surface area contributed by atoms with Crippen molar-refractivity contribution in [3.63, 3.8) is 0 Å². The van der Waals surface area contributed by atoms with Crippen LogP contribution in [0.15, 0.2) is 30.3 Å². The van der Waals surface area contributed by atoms with Gasteiger partial charge in [0.05, 0.1) is 6.07 Å². The summed E-state index contributed by atoms with van der Waals surface area (Å²) in [4.78, 5) is 0. The van der Waals surface area contributed by atoms with Crippen LogP contribution in [0.2, 0.25) is 0 Å². The molecule has 0 radical (unpaired) electrons. The molecule has 1 unspecified atom stereocenters. The fourth-order valence-corrected chi connectivity index (χ4v) is 2.75. The molecule has 2 nitrogen and oxygen atoms in total. The van der Waals surface area contributed by atoms with E-state index in [1.807, 2.05) is 24.8 Å². The summed E-state index contributed by atoms with van der Waals surface area (Å²) >= 11 is 1.89. The molecule has 1 N–H and O–H groups in total. The molecule has 0 aliphatic heterocycles. The minimum absolute atomic E-state index is 0.375. The first-order chi connectivity index (χ1) is 8.70. The standard InChI is InChI=1S/C15H22N2S/c1-3-10-17-15(2,13-16)9-11-18-12-14-7-5-4-6-8-14/h4-8,17H,3,9-12H2,1-2H3. The molecule has 0 aromatic heterocycles. The first kappa shape index (κ1) is 15.1. The summed E-state index contributed by atoms with van der Waals surface area (Å²) in [5, 5.41) is 12.5. The smallest absolute Gasteiger partial charge is 0.104 e. The van der Waals surface area contributed by atoms with Crippen molar-refractivity contribution in [1.29, 1.82) is 5.26 Å². The van der Waals surface area contributed by atoms with E-state index in [0.717, 1.165) is 30.9 Å². The summed E-state index contributed by atoms with van der Waals surface area (Å²) < 4.78 is 0. The Bertz CT molecular complexity index is 372. The lowest BCUT2D eigenvalue weighted by molar-refractivity contribution is 0.437. The molecule has 0 fully saturated rings. The highest BCUT2D eigenvalue weighted by atomic mass is 32.2. The molecule has 0 aliphatic rings. The molecule has 0 saturated heterocycles. The van der Waals surface area contributed by atoms with Crippen LogP contribution in [-0.2, 0) is 5.75 Å². The maximum absolute atomic E-state index is 9.21. The van der Waals surface area contributed by atoms with Crippen molar-refractivity contribution in [3.8, 4) is 6.07 Å². The lowest BCUT2D eigenvalue weighted by Crippen LogP contribution is -2.41. The summed E-state index contributed by atoms with van der Waals surface area (Å²) in [6.07, 6.45) is 1.95. The SMILES string of the molecule is CCCNC(C)(C#N)CCSCc1ccccc1. The van der Waals surface area contributed by atoms with Gasteiger partial charge in [0, 0.05) is 5.75 Å². The van der Waals surface area contributed by atoms with Crippen LogP contribution in [0.3, 0.4) is 0 Å². The van der Waals surface area contributed by atoms with Gasteiger partial charge in [0.1, 0.15) is 5.54 Å². The van der Waals surface area contributed by atoms with Gasteiger partial charge in [0.2, 0.25) is 0 Å². The van der Waals surface area contributed by atoms with Gasteiger partial charge < -0.3 is 0 Å². The Kier molecular flexibility index (Phi) is 6.85. The van der Waals surface area contributed by atoms with E-state index in [-0.39, 0.29) is 5.54 Å². The number of benzene rings is 1. The van der Waals surface area contributed by atoms with Crippen LogP contribution in [0.5, 0.6) is 0 Å². The van der Waals surface area contributed by atoms with E-state index in [9.17, 15) is 5.26 Å². The maximum atomic E-state index is 9.21. The fourth-order valence-electron chi connectivity index (χ4n) is 1.63. The maximum Gasteiger partial charge on any atom is 0.104 e. The topological polar surface area (TPSA) is 35.8 Å². The number of hydrogen-bond donors (Lipinski definition) is 1. The molecule has 0 heterocycles. The largest absolute Gasteiger partial charge is 0.300 e. The van der Waals surface area contributed by atoms with E-state index in [0.29, 0.717) is 0 Å². The van der Waals surface area contributed by atoms with E-state index < -0.39 is 0 Å². The number of nitriles is 1. The second-order valence-electron chi connectivity index (χ2n) is 4.66. The van der Waals surface area contributed by atoms with Crippen LogP contribution in [0.25, 0.3) is 0 Å². The van der Waals surface area contributed by atoms with Crippen molar-refractivity contribution in [2.24, 2.45) is 0 Å². The van der Waals surface area contributed by atoms with Gasteiger partial charge in [-0.3, -0.25) is 5.32 Å². The number of nitrogens with zero attached hydrogens (tertiary/aromatic N) is 1. The molecule has 18 heavy (non-hydrogen) atoms. The first-order valence-electron chi connectivity index (χ1n) is 6.48. The van der Waals surface area contributed by atoms with E-state index in [2.05, 4.69) is 42.6 Å². The van der Waals surface area contributed by atoms with Gasteiger partial charge in [-0.15, -0.1) is 0 Å². The molecule has 1 aromatic rings. The van der Waals surface area contributed by atoms with Crippen molar-refractivity contribution < 1.29 is 0 Å². The fraction of sp³-hybridized carbons (Fsp3) is 0.533. The number of thioether (sulfide) groups is 1. The quantitative estimate of drug-likeness (QED) is 0.727. The van der Waals surface area contributed by atoms with Gasteiger partial charge in [0.15, 0.2) is 0 Å².